The number of fused-ring (bicyclic) bond motifs is 6. The zero-order valence-electron chi connectivity index (χ0n) is 24.9. The highest BCUT2D eigenvalue weighted by atomic mass is 15.0. The van der Waals surface area contributed by atoms with Gasteiger partial charge in [0.05, 0.1) is 39.4 Å². The minimum Gasteiger partial charge on any atom is -0.309 e. The van der Waals surface area contributed by atoms with Crippen LogP contribution in [0, 0.1) is 11.3 Å². The van der Waals surface area contributed by atoms with Gasteiger partial charge in [0.15, 0.2) is 0 Å². The number of para-hydroxylation sites is 3. The van der Waals surface area contributed by atoms with Crippen LogP contribution in [0.1, 0.15) is 5.56 Å². The first-order valence-electron chi connectivity index (χ1n) is 15.5. The maximum atomic E-state index is 9.62. The predicted molar refractivity (Wildman–Crippen MR) is 191 cm³/mol. The fraction of sp³-hybridized carbons (Fsp3) is 0. The average Bonchev–Trinajstić information content (AvgIpc) is 3.64. The third kappa shape index (κ3) is 3.91. The Labute approximate surface area is 266 Å². The van der Waals surface area contributed by atoms with Gasteiger partial charge < -0.3 is 9.13 Å². The van der Waals surface area contributed by atoms with Crippen LogP contribution in [0.4, 0.5) is 0 Å². The molecule has 0 spiro atoms. The molecule has 0 N–H and O–H groups in total. The molecular weight excluding hydrogens is 558 g/mol. The lowest BCUT2D eigenvalue weighted by atomic mass is 9.92. The Balaban J connectivity index is 1.33. The standard InChI is InChI=1S/C43H27N3/c44-28-29-24-25-41-37(26-29)36-18-6-7-20-38(36)45(41)32-15-10-14-31(27-32)33-19-11-23-42(43(33)30-12-2-1-3-13-30)46-39-21-8-4-16-34(39)35-17-5-9-22-40(35)46/h1-27H. The Hall–Kier alpha value is -6.37. The molecular formula is C43H27N3. The minimum atomic E-state index is 0.665. The van der Waals surface area contributed by atoms with E-state index in [9.17, 15) is 5.26 Å². The largest absolute Gasteiger partial charge is 0.309 e. The highest BCUT2D eigenvalue weighted by molar-refractivity contribution is 6.11. The molecule has 2 aromatic heterocycles. The van der Waals surface area contributed by atoms with E-state index in [0.29, 0.717) is 5.56 Å². The van der Waals surface area contributed by atoms with E-state index in [1.54, 1.807) is 0 Å². The summed E-state index contributed by atoms with van der Waals surface area (Å²) in [5.74, 6) is 0. The molecule has 7 aromatic carbocycles. The molecule has 3 heteroatoms. The van der Waals surface area contributed by atoms with E-state index < -0.39 is 0 Å². The topological polar surface area (TPSA) is 33.6 Å². The summed E-state index contributed by atoms with van der Waals surface area (Å²) in [7, 11) is 0. The van der Waals surface area contributed by atoms with Crippen LogP contribution in [0.25, 0.3) is 77.2 Å². The number of rotatable bonds is 4. The summed E-state index contributed by atoms with van der Waals surface area (Å²) in [6.07, 6.45) is 0. The van der Waals surface area contributed by atoms with Crippen molar-refractivity contribution in [3.8, 4) is 39.7 Å². The number of hydrogen-bond donors (Lipinski definition) is 0. The lowest BCUT2D eigenvalue weighted by molar-refractivity contribution is 1.17. The second kappa shape index (κ2) is 10.4. The van der Waals surface area contributed by atoms with Gasteiger partial charge in [-0.1, -0.05) is 109 Å². The first-order valence-corrected chi connectivity index (χ1v) is 15.5. The van der Waals surface area contributed by atoms with Crippen LogP contribution in [0.15, 0.2) is 164 Å². The molecule has 0 amide bonds. The second-order valence-electron chi connectivity index (χ2n) is 11.7. The van der Waals surface area contributed by atoms with Crippen LogP contribution >= 0.6 is 0 Å². The molecule has 0 fully saturated rings. The predicted octanol–water partition coefficient (Wildman–Crippen LogP) is 11.1. The monoisotopic (exact) mass is 585 g/mol. The van der Waals surface area contributed by atoms with Crippen molar-refractivity contribution in [2.45, 2.75) is 0 Å². The van der Waals surface area contributed by atoms with Gasteiger partial charge in [-0.2, -0.15) is 5.26 Å². The molecule has 3 nitrogen and oxygen atoms in total. The maximum absolute atomic E-state index is 9.62. The first kappa shape index (κ1) is 26.1. The third-order valence-electron chi connectivity index (χ3n) is 9.14. The summed E-state index contributed by atoms with van der Waals surface area (Å²) in [6.45, 7) is 0. The van der Waals surface area contributed by atoms with Gasteiger partial charge in [-0.15, -0.1) is 0 Å². The van der Waals surface area contributed by atoms with Crippen molar-refractivity contribution in [2.24, 2.45) is 0 Å². The van der Waals surface area contributed by atoms with Crippen molar-refractivity contribution in [3.05, 3.63) is 169 Å². The number of benzene rings is 7. The zero-order valence-corrected chi connectivity index (χ0v) is 24.9. The summed E-state index contributed by atoms with van der Waals surface area (Å²) >= 11 is 0. The molecule has 0 atom stereocenters. The second-order valence-corrected chi connectivity index (χ2v) is 11.7. The molecule has 0 saturated carbocycles. The van der Waals surface area contributed by atoms with E-state index in [1.165, 1.54) is 38.5 Å². The Morgan fingerprint density at radius 1 is 0.413 bits per heavy atom. The SMILES string of the molecule is N#Cc1ccc2c(c1)c1ccccc1n2-c1cccc(-c2cccc(-n3c4ccccc4c4ccccc43)c2-c2ccccc2)c1. The highest BCUT2D eigenvalue weighted by Crippen LogP contribution is 2.42. The van der Waals surface area contributed by atoms with Gasteiger partial charge >= 0.3 is 0 Å². The van der Waals surface area contributed by atoms with Crippen LogP contribution in [-0.4, -0.2) is 9.13 Å². The van der Waals surface area contributed by atoms with Crippen molar-refractivity contribution < 1.29 is 0 Å². The summed E-state index contributed by atoms with van der Waals surface area (Å²) in [5, 5.41) is 14.3. The van der Waals surface area contributed by atoms with Crippen LogP contribution in [-0.2, 0) is 0 Å². The Morgan fingerprint density at radius 2 is 0.978 bits per heavy atom. The highest BCUT2D eigenvalue weighted by Gasteiger charge is 2.19. The molecule has 0 aliphatic carbocycles. The molecule has 0 unspecified atom stereocenters. The molecule has 0 saturated heterocycles. The zero-order chi connectivity index (χ0) is 30.6. The molecule has 9 rings (SSSR count). The lowest BCUT2D eigenvalue weighted by Gasteiger charge is -2.19. The summed E-state index contributed by atoms with van der Waals surface area (Å²) < 4.78 is 4.73. The van der Waals surface area contributed by atoms with Crippen LogP contribution in [0.5, 0.6) is 0 Å². The number of aromatic nitrogens is 2. The fourth-order valence-corrected chi connectivity index (χ4v) is 7.19. The van der Waals surface area contributed by atoms with E-state index in [-0.39, 0.29) is 0 Å². The Kier molecular flexibility index (Phi) is 5.88. The Bertz CT molecular complexity index is 2600. The van der Waals surface area contributed by atoms with Crippen molar-refractivity contribution >= 4 is 43.6 Å². The molecule has 0 radical (unpaired) electrons. The number of nitriles is 1. The molecule has 214 valence electrons. The van der Waals surface area contributed by atoms with Crippen LogP contribution in [0.3, 0.4) is 0 Å². The van der Waals surface area contributed by atoms with E-state index in [0.717, 1.165) is 38.7 Å². The quantitative estimate of drug-likeness (QED) is 0.202. The van der Waals surface area contributed by atoms with E-state index >= 15 is 0 Å². The van der Waals surface area contributed by atoms with Gasteiger partial charge in [-0.05, 0) is 71.3 Å². The van der Waals surface area contributed by atoms with Gasteiger partial charge in [-0.3, -0.25) is 0 Å². The minimum absolute atomic E-state index is 0.665. The number of hydrogen-bond acceptors (Lipinski definition) is 1. The molecule has 2 heterocycles. The fourth-order valence-electron chi connectivity index (χ4n) is 7.19. The van der Waals surface area contributed by atoms with Crippen molar-refractivity contribution in [2.75, 3.05) is 0 Å². The van der Waals surface area contributed by atoms with Crippen LogP contribution in [0.2, 0.25) is 0 Å². The average molecular weight is 586 g/mol. The van der Waals surface area contributed by atoms with Gasteiger partial charge in [0.1, 0.15) is 0 Å². The maximum Gasteiger partial charge on any atom is 0.0991 e. The summed E-state index contributed by atoms with van der Waals surface area (Å²) in [6, 6.07) is 60.3. The van der Waals surface area contributed by atoms with Gasteiger partial charge in [0.2, 0.25) is 0 Å². The molecule has 46 heavy (non-hydrogen) atoms. The lowest BCUT2D eigenvalue weighted by Crippen LogP contribution is -2.00. The Morgan fingerprint density at radius 3 is 1.67 bits per heavy atom. The van der Waals surface area contributed by atoms with Gasteiger partial charge in [0.25, 0.3) is 0 Å². The van der Waals surface area contributed by atoms with Crippen molar-refractivity contribution in [1.82, 2.24) is 9.13 Å². The van der Waals surface area contributed by atoms with Gasteiger partial charge in [-0.25, -0.2) is 0 Å². The summed E-state index contributed by atoms with van der Waals surface area (Å²) in [4.78, 5) is 0. The van der Waals surface area contributed by atoms with Crippen molar-refractivity contribution in [1.29, 1.82) is 5.26 Å². The van der Waals surface area contributed by atoms with Crippen molar-refractivity contribution in [3.63, 3.8) is 0 Å². The van der Waals surface area contributed by atoms with E-state index in [1.807, 2.05) is 12.1 Å². The summed E-state index contributed by atoms with van der Waals surface area (Å²) in [5.41, 5.74) is 12.1. The molecule has 0 aliphatic rings. The van der Waals surface area contributed by atoms with E-state index in [4.69, 9.17) is 0 Å². The smallest absolute Gasteiger partial charge is 0.0991 e. The molecule has 9 aromatic rings. The normalized spacial score (nSPS) is 11.5. The molecule has 0 bridgehead atoms. The third-order valence-corrected chi connectivity index (χ3v) is 9.14. The first-order chi connectivity index (χ1) is 22.8. The molecule has 0 aliphatic heterocycles. The number of nitrogens with zero attached hydrogens (tertiary/aromatic N) is 3. The van der Waals surface area contributed by atoms with Gasteiger partial charge in [0, 0.05) is 32.8 Å². The van der Waals surface area contributed by atoms with Crippen LogP contribution < -0.4 is 0 Å². The van der Waals surface area contributed by atoms with E-state index in [2.05, 4.69) is 167 Å².